The maximum atomic E-state index is 13.3. The van der Waals surface area contributed by atoms with Crippen molar-refractivity contribution >= 4 is 28.4 Å². The van der Waals surface area contributed by atoms with Gasteiger partial charge in [0.05, 0.1) is 6.42 Å². The fraction of sp³-hybridized carbons (Fsp3) is 0.0909. The molecule has 0 saturated carbocycles. The average molecular weight is 239 g/mol. The average Bonchev–Trinajstić information content (AvgIpc) is 2.20. The highest BCUT2D eigenvalue weighted by Gasteiger charge is 2.09. The van der Waals surface area contributed by atoms with Crippen molar-refractivity contribution in [2.75, 3.05) is 0 Å². The van der Waals surface area contributed by atoms with E-state index in [9.17, 15) is 9.18 Å². The van der Waals surface area contributed by atoms with Crippen LogP contribution in [0.1, 0.15) is 5.56 Å². The normalized spacial score (nSPS) is 10.6. The van der Waals surface area contributed by atoms with Crippen LogP contribution in [0.4, 0.5) is 4.39 Å². The lowest BCUT2D eigenvalue weighted by Gasteiger charge is -2.04. The minimum absolute atomic E-state index is 0.00170. The van der Waals surface area contributed by atoms with E-state index >= 15 is 0 Å². The van der Waals surface area contributed by atoms with Crippen LogP contribution in [0.25, 0.3) is 10.9 Å². The summed E-state index contributed by atoms with van der Waals surface area (Å²) in [6.45, 7) is 0. The molecule has 2 aromatic rings. The zero-order valence-electron chi connectivity index (χ0n) is 8.21. The van der Waals surface area contributed by atoms with Gasteiger partial charge in [-0.3, -0.25) is 4.79 Å². The summed E-state index contributed by atoms with van der Waals surface area (Å²) < 4.78 is 13.3. The summed E-state index contributed by atoms with van der Waals surface area (Å²) in [5, 5.41) is 0.706. The van der Waals surface area contributed by atoms with Crippen LogP contribution in [0.2, 0.25) is 5.15 Å². The Bertz CT molecular complexity index is 571. The number of halogens is 2. The summed E-state index contributed by atoms with van der Waals surface area (Å²) in [6, 6.07) is 6.20. The van der Waals surface area contributed by atoms with E-state index in [2.05, 4.69) is 4.98 Å². The predicted octanol–water partition coefficient (Wildman–Crippen LogP) is 2.06. The Morgan fingerprint density at radius 3 is 2.94 bits per heavy atom. The number of benzene rings is 1. The number of primary amides is 1. The molecule has 0 unspecified atom stereocenters. The number of hydrogen-bond donors (Lipinski definition) is 1. The smallest absolute Gasteiger partial charge is 0.221 e. The van der Waals surface area contributed by atoms with Gasteiger partial charge in [-0.15, -0.1) is 0 Å². The second-order valence-electron chi connectivity index (χ2n) is 3.39. The molecule has 3 nitrogen and oxygen atoms in total. The first kappa shape index (κ1) is 10.8. The maximum Gasteiger partial charge on any atom is 0.221 e. The summed E-state index contributed by atoms with van der Waals surface area (Å²) >= 11 is 5.83. The molecule has 0 saturated heterocycles. The van der Waals surface area contributed by atoms with E-state index in [1.54, 1.807) is 18.2 Å². The summed E-state index contributed by atoms with van der Waals surface area (Å²) in [7, 11) is 0. The Morgan fingerprint density at radius 2 is 2.25 bits per heavy atom. The van der Waals surface area contributed by atoms with Crippen molar-refractivity contribution < 1.29 is 9.18 Å². The van der Waals surface area contributed by atoms with E-state index in [4.69, 9.17) is 17.3 Å². The van der Waals surface area contributed by atoms with Gasteiger partial charge >= 0.3 is 0 Å². The first-order valence-electron chi connectivity index (χ1n) is 4.60. The van der Waals surface area contributed by atoms with E-state index in [1.807, 2.05) is 0 Å². The molecule has 0 radical (unpaired) electrons. The van der Waals surface area contributed by atoms with Crippen LogP contribution in [-0.4, -0.2) is 10.9 Å². The van der Waals surface area contributed by atoms with Crippen molar-refractivity contribution in [3.63, 3.8) is 0 Å². The topological polar surface area (TPSA) is 56.0 Å². The second-order valence-corrected chi connectivity index (χ2v) is 3.75. The Kier molecular flexibility index (Phi) is 2.75. The number of pyridine rings is 1. The summed E-state index contributed by atoms with van der Waals surface area (Å²) in [4.78, 5) is 14.7. The van der Waals surface area contributed by atoms with Gasteiger partial charge in [0.15, 0.2) is 0 Å². The van der Waals surface area contributed by atoms with Gasteiger partial charge < -0.3 is 5.73 Å². The van der Waals surface area contributed by atoms with Gasteiger partial charge in [-0.2, -0.15) is 0 Å². The number of fused-ring (bicyclic) bond motifs is 1. The van der Waals surface area contributed by atoms with Gasteiger partial charge in [-0.1, -0.05) is 23.7 Å². The van der Waals surface area contributed by atoms with Gasteiger partial charge in [0, 0.05) is 5.39 Å². The lowest BCUT2D eigenvalue weighted by atomic mass is 10.1. The number of amides is 1. The highest BCUT2D eigenvalue weighted by molar-refractivity contribution is 6.30. The molecule has 2 rings (SSSR count). The summed E-state index contributed by atoms with van der Waals surface area (Å²) in [5.41, 5.74) is 5.77. The zero-order chi connectivity index (χ0) is 11.7. The van der Waals surface area contributed by atoms with Crippen molar-refractivity contribution in [3.8, 4) is 0 Å². The zero-order valence-corrected chi connectivity index (χ0v) is 8.96. The standard InChI is InChI=1S/C11H8ClFN2O/c12-11-7(5-9(14)16)4-6-2-1-3-8(13)10(6)15-11/h1-4H,5H2,(H2,14,16). The van der Waals surface area contributed by atoms with E-state index in [0.29, 0.717) is 10.9 Å². The van der Waals surface area contributed by atoms with E-state index in [-0.39, 0.29) is 17.1 Å². The van der Waals surface area contributed by atoms with Crippen molar-refractivity contribution in [3.05, 3.63) is 40.8 Å². The van der Waals surface area contributed by atoms with Crippen LogP contribution in [0.3, 0.4) is 0 Å². The van der Waals surface area contributed by atoms with Gasteiger partial charge in [-0.05, 0) is 17.7 Å². The number of nitrogens with zero attached hydrogens (tertiary/aromatic N) is 1. The van der Waals surface area contributed by atoms with Crippen LogP contribution in [-0.2, 0) is 11.2 Å². The van der Waals surface area contributed by atoms with E-state index < -0.39 is 11.7 Å². The molecule has 0 fully saturated rings. The minimum atomic E-state index is -0.501. The van der Waals surface area contributed by atoms with E-state index in [0.717, 1.165) is 0 Å². The molecule has 1 amide bonds. The molecule has 82 valence electrons. The number of hydrogen-bond acceptors (Lipinski definition) is 2. The molecular weight excluding hydrogens is 231 g/mol. The molecular formula is C11H8ClFN2O. The highest BCUT2D eigenvalue weighted by atomic mass is 35.5. The number of carbonyl (C=O) groups is 1. The number of carbonyl (C=O) groups excluding carboxylic acids is 1. The Labute approximate surface area is 96.0 Å². The molecule has 0 aliphatic carbocycles. The van der Waals surface area contributed by atoms with Gasteiger partial charge in [0.1, 0.15) is 16.5 Å². The summed E-state index contributed by atoms with van der Waals surface area (Å²) in [6.07, 6.45) is -0.00170. The molecule has 16 heavy (non-hydrogen) atoms. The second kappa shape index (κ2) is 4.06. The number of nitrogens with two attached hydrogens (primary N) is 1. The quantitative estimate of drug-likeness (QED) is 0.815. The Balaban J connectivity index is 2.63. The molecule has 5 heteroatoms. The Hall–Kier alpha value is -1.68. The third-order valence-corrected chi connectivity index (χ3v) is 2.51. The van der Waals surface area contributed by atoms with Crippen LogP contribution in [0, 0.1) is 5.82 Å². The van der Waals surface area contributed by atoms with Gasteiger partial charge in [0.2, 0.25) is 5.91 Å². The van der Waals surface area contributed by atoms with Crippen molar-refractivity contribution in [2.45, 2.75) is 6.42 Å². The third kappa shape index (κ3) is 1.97. The van der Waals surface area contributed by atoms with Gasteiger partial charge in [0.25, 0.3) is 0 Å². The minimum Gasteiger partial charge on any atom is -0.369 e. The fourth-order valence-corrected chi connectivity index (χ4v) is 1.70. The highest BCUT2D eigenvalue weighted by Crippen LogP contribution is 2.22. The van der Waals surface area contributed by atoms with Crippen LogP contribution >= 0.6 is 11.6 Å². The number of para-hydroxylation sites is 1. The number of aromatic nitrogens is 1. The molecule has 1 aromatic heterocycles. The largest absolute Gasteiger partial charge is 0.369 e. The van der Waals surface area contributed by atoms with Crippen molar-refractivity contribution in [1.29, 1.82) is 0 Å². The molecule has 2 N–H and O–H groups in total. The molecule has 0 aliphatic rings. The Morgan fingerprint density at radius 1 is 1.50 bits per heavy atom. The van der Waals surface area contributed by atoms with Crippen LogP contribution in [0.15, 0.2) is 24.3 Å². The van der Waals surface area contributed by atoms with Gasteiger partial charge in [-0.25, -0.2) is 9.37 Å². The first-order chi connectivity index (χ1) is 7.58. The fourth-order valence-electron chi connectivity index (χ4n) is 1.50. The van der Waals surface area contributed by atoms with E-state index in [1.165, 1.54) is 6.07 Å². The van der Waals surface area contributed by atoms with Crippen LogP contribution in [0.5, 0.6) is 0 Å². The lowest BCUT2D eigenvalue weighted by molar-refractivity contribution is -0.117. The first-order valence-corrected chi connectivity index (χ1v) is 4.97. The van der Waals surface area contributed by atoms with Crippen molar-refractivity contribution in [1.82, 2.24) is 4.98 Å². The molecule has 1 aromatic carbocycles. The SMILES string of the molecule is NC(=O)Cc1cc2cccc(F)c2nc1Cl. The molecule has 0 atom stereocenters. The maximum absolute atomic E-state index is 13.3. The summed E-state index contributed by atoms with van der Waals surface area (Å²) in [5.74, 6) is -0.940. The monoisotopic (exact) mass is 238 g/mol. The molecule has 0 aliphatic heterocycles. The number of rotatable bonds is 2. The van der Waals surface area contributed by atoms with Crippen LogP contribution < -0.4 is 5.73 Å². The molecule has 0 bridgehead atoms. The lowest BCUT2D eigenvalue weighted by Crippen LogP contribution is -2.14. The molecule has 1 heterocycles. The predicted molar refractivity (Wildman–Crippen MR) is 59.6 cm³/mol. The third-order valence-electron chi connectivity index (χ3n) is 2.19. The molecule has 0 spiro atoms. The van der Waals surface area contributed by atoms with Crippen molar-refractivity contribution in [2.24, 2.45) is 5.73 Å².